The average Bonchev–Trinajstić information content (AvgIpc) is 2.96. The van der Waals surface area contributed by atoms with Crippen LogP contribution in [0.5, 0.6) is 0 Å². The van der Waals surface area contributed by atoms with Gasteiger partial charge in [-0.2, -0.15) is 5.10 Å². The number of anilines is 1. The highest BCUT2D eigenvalue weighted by atomic mass is 127. The topological polar surface area (TPSA) is 35.2 Å². The first kappa shape index (κ1) is 15.7. The molecule has 0 bridgehead atoms. The molecule has 2 aromatic rings. The third-order valence-electron chi connectivity index (χ3n) is 4.51. The minimum Gasteiger partial charge on any atom is -0.354 e. The first-order valence-electron chi connectivity index (χ1n) is 7.02. The molecule has 1 aliphatic rings. The SMILES string of the molecule is CN1CN(c2c(F)cc(I)cc2F)CC[C@@]1(C)c1cn[nH]c1. The summed E-state index contributed by atoms with van der Waals surface area (Å²) in [6, 6.07) is 2.73. The van der Waals surface area contributed by atoms with Gasteiger partial charge in [-0.3, -0.25) is 10.00 Å². The molecule has 0 unspecified atom stereocenters. The quantitative estimate of drug-likeness (QED) is 0.761. The van der Waals surface area contributed by atoms with Crippen molar-refractivity contribution in [3.05, 3.63) is 45.3 Å². The molecule has 0 amide bonds. The number of nitrogens with zero attached hydrogens (tertiary/aromatic N) is 3. The van der Waals surface area contributed by atoms with Gasteiger partial charge in [-0.25, -0.2) is 8.78 Å². The molecule has 3 rings (SSSR count). The first-order chi connectivity index (χ1) is 10.4. The van der Waals surface area contributed by atoms with Crippen LogP contribution in [0.4, 0.5) is 14.5 Å². The summed E-state index contributed by atoms with van der Waals surface area (Å²) in [6.45, 7) is 3.16. The lowest BCUT2D eigenvalue weighted by Gasteiger charge is -2.47. The minimum absolute atomic E-state index is 0.0570. The number of benzene rings is 1. The number of hydrogen-bond donors (Lipinski definition) is 1. The van der Waals surface area contributed by atoms with Crippen molar-refractivity contribution in [1.82, 2.24) is 15.1 Å². The molecule has 4 nitrogen and oxygen atoms in total. The maximum Gasteiger partial charge on any atom is 0.150 e. The Hall–Kier alpha value is -1.22. The number of aromatic nitrogens is 2. The van der Waals surface area contributed by atoms with Crippen molar-refractivity contribution in [1.29, 1.82) is 0 Å². The van der Waals surface area contributed by atoms with Crippen LogP contribution in [0.15, 0.2) is 24.5 Å². The van der Waals surface area contributed by atoms with E-state index in [1.807, 2.05) is 35.8 Å². The van der Waals surface area contributed by atoms with Gasteiger partial charge >= 0.3 is 0 Å². The highest BCUT2D eigenvalue weighted by Gasteiger charge is 2.38. The molecule has 1 aliphatic heterocycles. The van der Waals surface area contributed by atoms with Gasteiger partial charge in [0.05, 0.1) is 12.9 Å². The number of halogens is 3. The van der Waals surface area contributed by atoms with Gasteiger partial charge in [0.25, 0.3) is 0 Å². The van der Waals surface area contributed by atoms with Crippen LogP contribution < -0.4 is 4.90 Å². The highest BCUT2D eigenvalue weighted by molar-refractivity contribution is 14.1. The van der Waals surface area contributed by atoms with Crippen molar-refractivity contribution in [2.24, 2.45) is 0 Å². The molecule has 1 N–H and O–H groups in total. The summed E-state index contributed by atoms with van der Waals surface area (Å²) in [4.78, 5) is 3.85. The third-order valence-corrected chi connectivity index (χ3v) is 5.13. The van der Waals surface area contributed by atoms with Crippen LogP contribution in [-0.2, 0) is 5.54 Å². The Morgan fingerprint density at radius 2 is 2.00 bits per heavy atom. The van der Waals surface area contributed by atoms with Crippen molar-refractivity contribution in [2.75, 3.05) is 25.2 Å². The second-order valence-corrected chi connectivity index (χ2v) is 7.08. The zero-order valence-corrected chi connectivity index (χ0v) is 14.6. The Kier molecular flexibility index (Phi) is 4.11. The van der Waals surface area contributed by atoms with Crippen LogP contribution in [0.3, 0.4) is 0 Å². The normalized spacial score (nSPS) is 23.0. The molecule has 7 heteroatoms. The third kappa shape index (κ3) is 2.60. The molecular formula is C15H17F2IN4. The Balaban J connectivity index is 1.87. The highest BCUT2D eigenvalue weighted by Crippen LogP contribution is 2.36. The zero-order chi connectivity index (χ0) is 15.9. The molecule has 118 valence electrons. The Bertz CT molecular complexity index is 653. The number of H-pyrrole nitrogens is 1. The monoisotopic (exact) mass is 418 g/mol. The fourth-order valence-electron chi connectivity index (χ4n) is 2.96. The van der Waals surface area contributed by atoms with Crippen LogP contribution in [-0.4, -0.2) is 35.4 Å². The summed E-state index contributed by atoms with van der Waals surface area (Å²) in [7, 11) is 1.96. The van der Waals surface area contributed by atoms with Gasteiger partial charge in [0.2, 0.25) is 0 Å². The molecule has 0 aliphatic carbocycles. The largest absolute Gasteiger partial charge is 0.354 e. The predicted molar refractivity (Wildman–Crippen MR) is 89.6 cm³/mol. The summed E-state index contributed by atoms with van der Waals surface area (Å²) in [5, 5.41) is 6.84. The smallest absolute Gasteiger partial charge is 0.150 e. The summed E-state index contributed by atoms with van der Waals surface area (Å²) in [5.74, 6) is -1.02. The van der Waals surface area contributed by atoms with E-state index in [1.54, 1.807) is 11.1 Å². The molecule has 22 heavy (non-hydrogen) atoms. The number of rotatable bonds is 2. The second kappa shape index (κ2) is 5.77. The van der Waals surface area contributed by atoms with Gasteiger partial charge in [-0.1, -0.05) is 0 Å². The van der Waals surface area contributed by atoms with Crippen LogP contribution in [0.25, 0.3) is 0 Å². The summed E-state index contributed by atoms with van der Waals surface area (Å²) in [6.07, 6.45) is 4.43. The standard InChI is InChI=1S/C15H17F2IN4/c1-15(10-7-19-20-8-10)3-4-22(9-21(15)2)14-12(16)5-11(18)6-13(14)17/h5-8H,3-4,9H2,1-2H3,(H,19,20)/t15-/m0/s1. The van der Waals surface area contributed by atoms with Crippen LogP contribution >= 0.6 is 22.6 Å². The number of aromatic amines is 1. The van der Waals surface area contributed by atoms with Crippen molar-refractivity contribution >= 4 is 28.3 Å². The molecule has 0 radical (unpaired) electrons. The molecular weight excluding hydrogens is 401 g/mol. The van der Waals surface area contributed by atoms with E-state index in [0.29, 0.717) is 16.8 Å². The van der Waals surface area contributed by atoms with Gasteiger partial charge in [-0.05, 0) is 55.1 Å². The average molecular weight is 418 g/mol. The number of hydrogen-bond acceptors (Lipinski definition) is 3. The van der Waals surface area contributed by atoms with Crippen molar-refractivity contribution in [3.63, 3.8) is 0 Å². The van der Waals surface area contributed by atoms with E-state index in [1.165, 1.54) is 12.1 Å². The summed E-state index contributed by atoms with van der Waals surface area (Å²) in [5.41, 5.74) is 0.944. The predicted octanol–water partition coefficient (Wildman–Crippen LogP) is 3.31. The van der Waals surface area contributed by atoms with Gasteiger partial charge in [0.15, 0.2) is 11.6 Å². The van der Waals surface area contributed by atoms with E-state index < -0.39 is 11.6 Å². The van der Waals surface area contributed by atoms with Crippen LogP contribution in [0, 0.1) is 15.2 Å². The zero-order valence-electron chi connectivity index (χ0n) is 12.4. The lowest BCUT2D eigenvalue weighted by Crippen LogP contribution is -2.54. The van der Waals surface area contributed by atoms with Gasteiger partial charge in [0.1, 0.15) is 5.69 Å². The maximum atomic E-state index is 14.2. The lowest BCUT2D eigenvalue weighted by atomic mass is 9.87. The molecule has 1 fully saturated rings. The Morgan fingerprint density at radius 1 is 1.32 bits per heavy atom. The first-order valence-corrected chi connectivity index (χ1v) is 8.09. The molecule has 1 aromatic carbocycles. The Morgan fingerprint density at radius 3 is 2.55 bits per heavy atom. The van der Waals surface area contributed by atoms with E-state index >= 15 is 0 Å². The summed E-state index contributed by atoms with van der Waals surface area (Å²) < 4.78 is 28.9. The van der Waals surface area contributed by atoms with E-state index in [0.717, 1.165) is 12.0 Å². The van der Waals surface area contributed by atoms with E-state index in [-0.39, 0.29) is 11.2 Å². The molecule has 0 spiro atoms. The van der Waals surface area contributed by atoms with Crippen LogP contribution in [0.1, 0.15) is 18.9 Å². The summed E-state index contributed by atoms with van der Waals surface area (Å²) >= 11 is 1.92. The Labute approximate surface area is 141 Å². The number of nitrogens with one attached hydrogen (secondary N) is 1. The fraction of sp³-hybridized carbons (Fsp3) is 0.400. The van der Waals surface area contributed by atoms with E-state index in [9.17, 15) is 8.78 Å². The molecule has 1 atom stereocenters. The van der Waals surface area contributed by atoms with Crippen LogP contribution in [0.2, 0.25) is 0 Å². The van der Waals surface area contributed by atoms with Gasteiger partial charge < -0.3 is 4.90 Å². The second-order valence-electron chi connectivity index (χ2n) is 5.83. The molecule has 1 aromatic heterocycles. The molecule has 1 saturated heterocycles. The maximum absolute atomic E-state index is 14.2. The van der Waals surface area contributed by atoms with E-state index in [4.69, 9.17) is 0 Å². The van der Waals surface area contributed by atoms with Crippen molar-refractivity contribution < 1.29 is 8.78 Å². The lowest BCUT2D eigenvalue weighted by molar-refractivity contribution is 0.0988. The minimum atomic E-state index is -0.510. The van der Waals surface area contributed by atoms with Crippen molar-refractivity contribution in [2.45, 2.75) is 18.9 Å². The van der Waals surface area contributed by atoms with E-state index in [2.05, 4.69) is 22.0 Å². The van der Waals surface area contributed by atoms with Gasteiger partial charge in [0, 0.05) is 27.4 Å². The van der Waals surface area contributed by atoms with Crippen molar-refractivity contribution in [3.8, 4) is 0 Å². The molecule has 2 heterocycles. The fourth-order valence-corrected chi connectivity index (χ4v) is 3.50. The van der Waals surface area contributed by atoms with Gasteiger partial charge in [-0.15, -0.1) is 0 Å². The molecule has 0 saturated carbocycles.